The summed E-state index contributed by atoms with van der Waals surface area (Å²) < 4.78 is 0. The molecule has 0 N–H and O–H groups in total. The second kappa shape index (κ2) is 23.1. The average Bonchev–Trinajstić information content (AvgIpc) is 2.65. The van der Waals surface area contributed by atoms with Gasteiger partial charge in [-0.15, -0.1) is 15.8 Å². The lowest BCUT2D eigenvalue weighted by atomic mass is 10.0. The lowest BCUT2D eigenvalue weighted by Crippen LogP contribution is -1.93. The molecule has 164 valence electrons. The van der Waals surface area contributed by atoms with E-state index >= 15 is 0 Å². The van der Waals surface area contributed by atoms with Crippen LogP contribution < -0.4 is 0 Å². The Balaban J connectivity index is 3.07. The number of hydrogen-bond donors (Lipinski definition) is 0. The van der Waals surface area contributed by atoms with Gasteiger partial charge in [0.2, 0.25) is 0 Å². The third-order valence-corrected chi connectivity index (χ3v) is 9.36. The molecule has 0 saturated carbocycles. The molecule has 0 aliphatic rings. The maximum atomic E-state index is 2.53. The van der Waals surface area contributed by atoms with E-state index in [9.17, 15) is 0 Å². The normalized spacial score (nSPS) is 12.8. The van der Waals surface area contributed by atoms with Gasteiger partial charge in [-0.25, -0.2) is 0 Å². The highest BCUT2D eigenvalue weighted by atomic mass is 31.1. The Labute approximate surface area is 176 Å². The molecule has 1 unspecified atom stereocenters. The molecule has 0 amide bonds. The minimum absolute atomic E-state index is 0.343. The molecule has 0 aliphatic carbocycles. The van der Waals surface area contributed by atoms with Crippen molar-refractivity contribution in [2.75, 3.05) is 38.5 Å². The molecule has 0 aromatic rings. The van der Waals surface area contributed by atoms with Gasteiger partial charge in [-0.1, -0.05) is 116 Å². The molecule has 0 aliphatic heterocycles. The summed E-state index contributed by atoms with van der Waals surface area (Å²) in [5, 5.41) is 0. The van der Waals surface area contributed by atoms with Crippen LogP contribution in [0.3, 0.4) is 0 Å². The SMILES string of the molecule is CCCCCCCCCCCCCCCCCCCCP(C)CCP(C)C. The lowest BCUT2D eigenvalue weighted by molar-refractivity contribution is 0.526. The third-order valence-electron chi connectivity index (χ3n) is 5.82. The van der Waals surface area contributed by atoms with E-state index in [-0.39, 0.29) is 0 Å². The summed E-state index contributed by atoms with van der Waals surface area (Å²) in [5.41, 5.74) is 0. The molecule has 1 atom stereocenters. The Morgan fingerprint density at radius 1 is 0.370 bits per heavy atom. The molecular weight excluding hydrogens is 362 g/mol. The molecule has 0 spiro atoms. The van der Waals surface area contributed by atoms with Crippen LogP contribution in [0.2, 0.25) is 0 Å². The molecule has 0 bridgehead atoms. The van der Waals surface area contributed by atoms with E-state index in [4.69, 9.17) is 0 Å². The van der Waals surface area contributed by atoms with E-state index in [1.54, 1.807) is 0 Å². The smallest absolute Gasteiger partial charge is 0.0289 e. The van der Waals surface area contributed by atoms with Gasteiger partial charge in [0.1, 0.15) is 0 Å². The maximum Gasteiger partial charge on any atom is -0.0289 e. The minimum atomic E-state index is 0.343. The predicted octanol–water partition coefficient (Wildman–Crippen LogP) is 9.88. The summed E-state index contributed by atoms with van der Waals surface area (Å²) in [6, 6.07) is 0. The first-order valence-electron chi connectivity index (χ1n) is 12.5. The fourth-order valence-corrected chi connectivity index (χ4v) is 7.72. The highest BCUT2D eigenvalue weighted by Crippen LogP contribution is 2.36. The van der Waals surface area contributed by atoms with Crippen LogP contribution in [0.15, 0.2) is 0 Å². The Bertz CT molecular complexity index is 265. The molecule has 0 saturated heterocycles. The summed E-state index contributed by atoms with van der Waals surface area (Å²) in [5.74, 6) is 0. The average molecular weight is 417 g/mol. The van der Waals surface area contributed by atoms with Gasteiger partial charge < -0.3 is 0 Å². The van der Waals surface area contributed by atoms with Gasteiger partial charge >= 0.3 is 0 Å². The van der Waals surface area contributed by atoms with Crippen molar-refractivity contribution >= 4 is 15.8 Å². The Morgan fingerprint density at radius 2 is 0.704 bits per heavy atom. The Kier molecular flexibility index (Phi) is 23.9. The zero-order valence-electron chi connectivity index (χ0n) is 19.7. The summed E-state index contributed by atoms with van der Waals surface area (Å²) >= 11 is 0. The van der Waals surface area contributed by atoms with Crippen LogP contribution in [-0.2, 0) is 0 Å². The molecule has 0 nitrogen and oxygen atoms in total. The monoisotopic (exact) mass is 416 g/mol. The van der Waals surface area contributed by atoms with Gasteiger partial charge in [0.15, 0.2) is 0 Å². The van der Waals surface area contributed by atoms with Crippen molar-refractivity contribution in [3.05, 3.63) is 0 Å². The third kappa shape index (κ3) is 24.8. The number of rotatable bonds is 22. The summed E-state index contributed by atoms with van der Waals surface area (Å²) in [7, 11) is 0.701. The summed E-state index contributed by atoms with van der Waals surface area (Å²) in [6.45, 7) is 9.68. The first-order valence-corrected chi connectivity index (χ1v) is 17.1. The molecule has 0 heterocycles. The van der Waals surface area contributed by atoms with Crippen molar-refractivity contribution in [3.63, 3.8) is 0 Å². The Hall–Kier alpha value is 0.860. The second-order valence-electron chi connectivity index (χ2n) is 9.12. The molecule has 0 radical (unpaired) electrons. The fraction of sp³-hybridized carbons (Fsp3) is 1.00. The van der Waals surface area contributed by atoms with E-state index in [0.717, 1.165) is 0 Å². The minimum Gasteiger partial charge on any atom is -0.113 e. The largest absolute Gasteiger partial charge is 0.113 e. The van der Waals surface area contributed by atoms with Crippen LogP contribution in [-0.4, -0.2) is 38.5 Å². The van der Waals surface area contributed by atoms with E-state index in [0.29, 0.717) is 15.8 Å². The van der Waals surface area contributed by atoms with Gasteiger partial charge in [-0.3, -0.25) is 0 Å². The molecule has 0 fully saturated rings. The highest BCUT2D eigenvalue weighted by Gasteiger charge is 2.02. The molecular formula is C25H54P2. The van der Waals surface area contributed by atoms with Crippen LogP contribution in [0, 0.1) is 0 Å². The standard InChI is InChI=1S/C25H54P2/c1-5-6-7-8-9-10-11-12-13-14-15-16-17-18-19-20-21-22-23-27(4)25-24-26(2)3/h5-25H2,1-4H3. The van der Waals surface area contributed by atoms with E-state index in [1.807, 2.05) is 0 Å². The quantitative estimate of drug-likeness (QED) is 0.122. The van der Waals surface area contributed by atoms with Crippen molar-refractivity contribution in [2.45, 2.75) is 122 Å². The van der Waals surface area contributed by atoms with Gasteiger partial charge in [-0.2, -0.15) is 0 Å². The predicted molar refractivity (Wildman–Crippen MR) is 135 cm³/mol. The molecule has 27 heavy (non-hydrogen) atoms. The van der Waals surface area contributed by atoms with Crippen LogP contribution in [0.5, 0.6) is 0 Å². The van der Waals surface area contributed by atoms with Gasteiger partial charge in [0, 0.05) is 0 Å². The van der Waals surface area contributed by atoms with Gasteiger partial charge in [-0.05, 0) is 44.9 Å². The van der Waals surface area contributed by atoms with Gasteiger partial charge in [0.25, 0.3) is 0 Å². The zero-order chi connectivity index (χ0) is 20.0. The van der Waals surface area contributed by atoms with Crippen molar-refractivity contribution < 1.29 is 0 Å². The van der Waals surface area contributed by atoms with Gasteiger partial charge in [0.05, 0.1) is 0 Å². The van der Waals surface area contributed by atoms with E-state index < -0.39 is 0 Å². The summed E-state index contributed by atoms with van der Waals surface area (Å²) in [4.78, 5) is 0. The van der Waals surface area contributed by atoms with Crippen molar-refractivity contribution in [1.82, 2.24) is 0 Å². The van der Waals surface area contributed by atoms with Crippen LogP contribution in [0.25, 0.3) is 0 Å². The van der Waals surface area contributed by atoms with E-state index in [2.05, 4.69) is 26.9 Å². The first-order chi connectivity index (χ1) is 13.2. The Morgan fingerprint density at radius 3 is 1.04 bits per heavy atom. The van der Waals surface area contributed by atoms with E-state index in [1.165, 1.54) is 134 Å². The number of hydrogen-bond acceptors (Lipinski definition) is 0. The van der Waals surface area contributed by atoms with Crippen molar-refractivity contribution in [2.24, 2.45) is 0 Å². The fourth-order valence-electron chi connectivity index (χ4n) is 3.77. The molecule has 0 aromatic heterocycles. The zero-order valence-corrected chi connectivity index (χ0v) is 21.5. The number of unbranched alkanes of at least 4 members (excludes halogenated alkanes) is 17. The lowest BCUT2D eigenvalue weighted by Gasteiger charge is -2.13. The molecule has 0 aromatic carbocycles. The summed E-state index contributed by atoms with van der Waals surface area (Å²) in [6.07, 6.45) is 31.3. The maximum absolute atomic E-state index is 2.53. The molecule has 0 rings (SSSR count). The van der Waals surface area contributed by atoms with Crippen LogP contribution in [0.1, 0.15) is 122 Å². The second-order valence-corrected chi connectivity index (χ2v) is 14.3. The van der Waals surface area contributed by atoms with Crippen LogP contribution in [0.4, 0.5) is 0 Å². The first kappa shape index (κ1) is 27.9. The topological polar surface area (TPSA) is 0 Å². The van der Waals surface area contributed by atoms with Crippen LogP contribution >= 0.6 is 15.8 Å². The van der Waals surface area contributed by atoms with Crippen molar-refractivity contribution in [1.29, 1.82) is 0 Å². The highest BCUT2D eigenvalue weighted by molar-refractivity contribution is 7.60. The van der Waals surface area contributed by atoms with Crippen molar-refractivity contribution in [3.8, 4) is 0 Å². The molecule has 2 heteroatoms.